The zero-order chi connectivity index (χ0) is 16.4. The molecule has 0 aromatic carbocycles. The minimum absolute atomic E-state index is 0. The summed E-state index contributed by atoms with van der Waals surface area (Å²) in [5.41, 5.74) is 8.77. The Kier molecular flexibility index (Phi) is 8.24. The van der Waals surface area contributed by atoms with Gasteiger partial charge in [-0.2, -0.15) is 4.98 Å². The molecule has 3 heterocycles. The highest BCUT2D eigenvalue weighted by Crippen LogP contribution is 2.35. The molecule has 0 saturated heterocycles. The lowest BCUT2D eigenvalue weighted by Crippen LogP contribution is -2.17. The summed E-state index contributed by atoms with van der Waals surface area (Å²) in [5, 5.41) is 3.51. The van der Waals surface area contributed by atoms with Gasteiger partial charge in [-0.25, -0.2) is 4.98 Å². The third-order valence-corrected chi connectivity index (χ3v) is 4.88. The van der Waals surface area contributed by atoms with E-state index in [0.29, 0.717) is 6.54 Å². The summed E-state index contributed by atoms with van der Waals surface area (Å²) in [6.45, 7) is 4.57. The van der Waals surface area contributed by atoms with Crippen LogP contribution in [0.15, 0.2) is 18.6 Å². The van der Waals surface area contributed by atoms with Crippen LogP contribution >= 0.6 is 47.8 Å². The van der Waals surface area contributed by atoms with E-state index < -0.39 is 0 Å². The lowest BCUT2D eigenvalue weighted by molar-refractivity contribution is 0.744. The zero-order valence-electron chi connectivity index (χ0n) is 13.7. The molecule has 0 spiro atoms. The van der Waals surface area contributed by atoms with Gasteiger partial charge in [-0.3, -0.25) is 9.97 Å². The number of nitrogens with two attached hydrogens (primary N) is 1. The number of rotatable bonds is 5. The molecule has 3 rings (SSSR count). The maximum Gasteiger partial charge on any atom is 0.224 e. The summed E-state index contributed by atoms with van der Waals surface area (Å²) < 4.78 is 0.992. The van der Waals surface area contributed by atoms with Crippen LogP contribution < -0.4 is 11.1 Å². The molecule has 0 amide bonds. The molecule has 0 radical (unpaired) electrons. The Hall–Kier alpha value is -1.25. The third kappa shape index (κ3) is 5.12. The molecule has 136 valence electrons. The number of hydrogen-bond acceptors (Lipinski definition) is 7. The first-order chi connectivity index (χ1) is 11.0. The molecule has 25 heavy (non-hydrogen) atoms. The van der Waals surface area contributed by atoms with Crippen molar-refractivity contribution in [2.75, 3.05) is 5.32 Å². The highest BCUT2D eigenvalue weighted by atomic mass is 35.5. The van der Waals surface area contributed by atoms with Crippen molar-refractivity contribution in [1.29, 1.82) is 0 Å². The number of fused-ring (bicyclic) bond motifs is 1. The van der Waals surface area contributed by atoms with Crippen LogP contribution in [-0.4, -0.2) is 26.0 Å². The van der Waals surface area contributed by atoms with Crippen LogP contribution in [0.3, 0.4) is 0 Å². The van der Waals surface area contributed by atoms with Gasteiger partial charge in [0.1, 0.15) is 5.82 Å². The van der Waals surface area contributed by atoms with Crippen molar-refractivity contribution in [3.8, 4) is 0 Å². The topological polar surface area (TPSA) is 89.6 Å². The van der Waals surface area contributed by atoms with Crippen molar-refractivity contribution >= 4 is 63.8 Å². The van der Waals surface area contributed by atoms with E-state index in [-0.39, 0.29) is 36.1 Å². The summed E-state index contributed by atoms with van der Waals surface area (Å²) in [6, 6.07) is 0.0983. The van der Waals surface area contributed by atoms with Crippen LogP contribution in [0.4, 0.5) is 5.82 Å². The fraction of sp³-hybridized carbons (Fsp3) is 0.333. The Labute approximate surface area is 167 Å². The molecule has 0 fully saturated rings. The average Bonchev–Trinajstić information content (AvgIpc) is 2.82. The normalized spacial score (nSPS) is 11.5. The van der Waals surface area contributed by atoms with Crippen molar-refractivity contribution in [3.05, 3.63) is 40.0 Å². The number of aryl methyl sites for hydroxylation is 1. The predicted molar refractivity (Wildman–Crippen MR) is 108 cm³/mol. The summed E-state index contributed by atoms with van der Waals surface area (Å²) >= 11 is 7.74. The molecular formula is C15H19Cl3N6S. The lowest BCUT2D eigenvalue weighted by Gasteiger charge is -2.06. The van der Waals surface area contributed by atoms with Gasteiger partial charge in [0.05, 0.1) is 28.7 Å². The van der Waals surface area contributed by atoms with Gasteiger partial charge < -0.3 is 11.1 Å². The maximum atomic E-state index is 6.08. The minimum Gasteiger partial charge on any atom is -0.363 e. The van der Waals surface area contributed by atoms with Gasteiger partial charge in [-0.15, -0.1) is 36.2 Å². The fourth-order valence-corrected chi connectivity index (χ4v) is 3.83. The number of nitrogens with zero attached hydrogens (tertiary/aromatic N) is 4. The Morgan fingerprint density at radius 2 is 2.04 bits per heavy atom. The van der Waals surface area contributed by atoms with Crippen LogP contribution in [0.1, 0.15) is 23.1 Å². The second-order valence-electron chi connectivity index (χ2n) is 5.40. The fourth-order valence-electron chi connectivity index (χ4n) is 2.31. The van der Waals surface area contributed by atoms with E-state index in [2.05, 4.69) is 25.3 Å². The molecule has 1 atom stereocenters. The van der Waals surface area contributed by atoms with E-state index in [4.69, 9.17) is 17.3 Å². The Bertz CT molecular complexity index is 825. The third-order valence-electron chi connectivity index (χ3n) is 3.40. The van der Waals surface area contributed by atoms with Gasteiger partial charge in [0.15, 0.2) is 0 Å². The van der Waals surface area contributed by atoms with Crippen LogP contribution in [0, 0.1) is 6.92 Å². The van der Waals surface area contributed by atoms with Gasteiger partial charge in [-0.05, 0) is 37.4 Å². The van der Waals surface area contributed by atoms with E-state index >= 15 is 0 Å². The molecule has 0 unspecified atom stereocenters. The number of nitrogens with one attached hydrogen (secondary N) is 1. The largest absolute Gasteiger partial charge is 0.363 e. The van der Waals surface area contributed by atoms with E-state index in [1.807, 2.05) is 13.8 Å². The van der Waals surface area contributed by atoms with Crippen molar-refractivity contribution in [3.63, 3.8) is 0 Å². The van der Waals surface area contributed by atoms with Crippen molar-refractivity contribution < 1.29 is 0 Å². The van der Waals surface area contributed by atoms with Gasteiger partial charge in [0, 0.05) is 23.3 Å². The number of aromatic nitrogens is 4. The average molecular weight is 422 g/mol. The molecule has 0 aliphatic rings. The standard InChI is InChI=1S/C15H17ClN6S.2ClH/c1-8(17)5-11-9(2)12-13(23-11)14(22-15(16)21-12)20-7-10-6-18-3-4-19-10;;/h3-4,6,8H,5,7,17H2,1-2H3,(H,20,21,22);2*1H/t8-;;/m0../s1. The Morgan fingerprint density at radius 3 is 2.68 bits per heavy atom. The van der Waals surface area contributed by atoms with Gasteiger partial charge in [0.2, 0.25) is 5.28 Å². The predicted octanol–water partition coefficient (Wildman–Crippen LogP) is 3.79. The monoisotopic (exact) mass is 420 g/mol. The number of anilines is 1. The second-order valence-corrected chi connectivity index (χ2v) is 6.84. The van der Waals surface area contributed by atoms with Crippen LogP contribution in [0.2, 0.25) is 5.28 Å². The van der Waals surface area contributed by atoms with E-state index in [1.165, 1.54) is 4.88 Å². The van der Waals surface area contributed by atoms with Crippen molar-refractivity contribution in [2.45, 2.75) is 32.9 Å². The van der Waals surface area contributed by atoms with Gasteiger partial charge in [-0.1, -0.05) is 0 Å². The molecule has 0 saturated carbocycles. The molecule has 0 aliphatic heterocycles. The minimum atomic E-state index is 0. The Balaban J connectivity index is 0.00000156. The van der Waals surface area contributed by atoms with Crippen LogP contribution in [-0.2, 0) is 13.0 Å². The quantitative estimate of drug-likeness (QED) is 0.609. The first-order valence-corrected chi connectivity index (χ1v) is 8.44. The Morgan fingerprint density at radius 1 is 1.28 bits per heavy atom. The van der Waals surface area contributed by atoms with Crippen LogP contribution in [0.25, 0.3) is 10.2 Å². The summed E-state index contributed by atoms with van der Waals surface area (Å²) in [7, 11) is 0. The molecule has 3 aromatic heterocycles. The second kappa shape index (κ2) is 9.45. The first-order valence-electron chi connectivity index (χ1n) is 7.24. The molecule has 3 aromatic rings. The lowest BCUT2D eigenvalue weighted by atomic mass is 10.1. The number of halogens is 3. The summed E-state index contributed by atoms with van der Waals surface area (Å²) in [4.78, 5) is 18.2. The SMILES string of the molecule is Cc1c(C[C@H](C)N)sc2c(NCc3cnccn3)nc(Cl)nc12.Cl.Cl. The summed E-state index contributed by atoms with van der Waals surface area (Å²) in [6.07, 6.45) is 5.84. The van der Waals surface area contributed by atoms with Crippen molar-refractivity contribution in [1.82, 2.24) is 19.9 Å². The summed E-state index contributed by atoms with van der Waals surface area (Å²) in [5.74, 6) is 0.717. The molecule has 0 bridgehead atoms. The van der Waals surface area contributed by atoms with Crippen LogP contribution in [0.5, 0.6) is 0 Å². The van der Waals surface area contributed by atoms with Gasteiger partial charge >= 0.3 is 0 Å². The van der Waals surface area contributed by atoms with E-state index in [9.17, 15) is 0 Å². The number of hydrogen-bond donors (Lipinski definition) is 2. The highest BCUT2D eigenvalue weighted by molar-refractivity contribution is 7.19. The highest BCUT2D eigenvalue weighted by Gasteiger charge is 2.16. The zero-order valence-corrected chi connectivity index (χ0v) is 16.9. The molecule has 10 heteroatoms. The molecule has 0 aliphatic carbocycles. The van der Waals surface area contributed by atoms with E-state index in [0.717, 1.165) is 33.7 Å². The van der Waals surface area contributed by atoms with Gasteiger partial charge in [0.25, 0.3) is 0 Å². The van der Waals surface area contributed by atoms with E-state index in [1.54, 1.807) is 29.9 Å². The molecule has 3 N–H and O–H groups in total. The smallest absolute Gasteiger partial charge is 0.224 e. The molecule has 6 nitrogen and oxygen atoms in total. The molecular weight excluding hydrogens is 403 g/mol. The number of thiophene rings is 1. The first kappa shape index (κ1) is 21.8. The van der Waals surface area contributed by atoms with Crippen molar-refractivity contribution in [2.24, 2.45) is 5.73 Å². The maximum absolute atomic E-state index is 6.08.